The van der Waals surface area contributed by atoms with E-state index in [4.69, 9.17) is 0 Å². The molecule has 96 valence electrons. The van der Waals surface area contributed by atoms with Crippen molar-refractivity contribution in [2.24, 2.45) is 5.92 Å². The Labute approximate surface area is 108 Å². The van der Waals surface area contributed by atoms with Crippen LogP contribution in [0.1, 0.15) is 32.1 Å². The third-order valence-corrected chi connectivity index (χ3v) is 5.28. The van der Waals surface area contributed by atoms with Gasteiger partial charge in [-0.2, -0.15) is 11.8 Å². The molecule has 2 atom stereocenters. The van der Waals surface area contributed by atoms with Crippen LogP contribution in [0.4, 0.5) is 0 Å². The molecule has 2 heterocycles. The molecule has 3 nitrogen and oxygen atoms in total. The van der Waals surface area contributed by atoms with Gasteiger partial charge in [0.05, 0.1) is 5.92 Å². The summed E-state index contributed by atoms with van der Waals surface area (Å²) in [6.45, 7) is 1.99. The van der Waals surface area contributed by atoms with Crippen LogP contribution in [0.5, 0.6) is 0 Å². The van der Waals surface area contributed by atoms with E-state index in [1.807, 2.05) is 11.8 Å². The van der Waals surface area contributed by atoms with E-state index >= 15 is 0 Å². The van der Waals surface area contributed by atoms with Gasteiger partial charge in [0.2, 0.25) is 5.91 Å². The van der Waals surface area contributed by atoms with Gasteiger partial charge in [-0.3, -0.25) is 4.79 Å². The summed E-state index contributed by atoms with van der Waals surface area (Å²) in [5, 5.41) is 3.37. The van der Waals surface area contributed by atoms with Gasteiger partial charge >= 0.3 is 0 Å². The quantitative estimate of drug-likeness (QED) is 0.828. The Kier molecular flexibility index (Phi) is 3.61. The predicted octanol–water partition coefficient (Wildman–Crippen LogP) is 1.48. The summed E-state index contributed by atoms with van der Waals surface area (Å²) in [5.74, 6) is 3.12. The van der Waals surface area contributed by atoms with E-state index in [1.54, 1.807) is 0 Å². The number of nitrogens with zero attached hydrogens (tertiary/aromatic N) is 1. The number of hydrogen-bond donors (Lipinski definition) is 1. The fraction of sp³-hybridized carbons (Fsp3) is 0.923. The van der Waals surface area contributed by atoms with E-state index in [9.17, 15) is 4.79 Å². The molecule has 17 heavy (non-hydrogen) atoms. The third-order valence-electron chi connectivity index (χ3n) is 4.14. The van der Waals surface area contributed by atoms with Gasteiger partial charge in [0, 0.05) is 24.4 Å². The van der Waals surface area contributed by atoms with E-state index in [2.05, 4.69) is 10.2 Å². The number of nitrogens with one attached hydrogen (secondary N) is 1. The summed E-state index contributed by atoms with van der Waals surface area (Å²) in [6, 6.07) is 1.13. The SMILES string of the molecule is O=C([C@@H]1CCCNC1)N(C1CC1)[C@@H]1CCSC1. The van der Waals surface area contributed by atoms with Gasteiger partial charge in [-0.15, -0.1) is 0 Å². The van der Waals surface area contributed by atoms with Crippen molar-refractivity contribution in [1.82, 2.24) is 10.2 Å². The Morgan fingerprint density at radius 1 is 1.18 bits per heavy atom. The monoisotopic (exact) mass is 254 g/mol. The Bertz CT molecular complexity index is 281. The first kappa shape index (κ1) is 11.8. The van der Waals surface area contributed by atoms with E-state index in [1.165, 1.54) is 30.8 Å². The van der Waals surface area contributed by atoms with Gasteiger partial charge in [0.25, 0.3) is 0 Å². The lowest BCUT2D eigenvalue weighted by Crippen LogP contribution is -2.48. The molecule has 0 bridgehead atoms. The summed E-state index contributed by atoms with van der Waals surface area (Å²) < 4.78 is 0. The topological polar surface area (TPSA) is 32.3 Å². The first-order valence-corrected chi connectivity index (χ1v) is 8.12. The lowest BCUT2D eigenvalue weighted by Gasteiger charge is -2.33. The molecule has 2 aliphatic heterocycles. The molecule has 3 rings (SSSR count). The molecule has 0 aromatic heterocycles. The summed E-state index contributed by atoms with van der Waals surface area (Å²) in [7, 11) is 0. The van der Waals surface area contributed by atoms with Gasteiger partial charge in [0.15, 0.2) is 0 Å². The molecule has 0 radical (unpaired) electrons. The van der Waals surface area contributed by atoms with Crippen LogP contribution in [0, 0.1) is 5.92 Å². The van der Waals surface area contributed by atoms with E-state index in [-0.39, 0.29) is 5.92 Å². The third kappa shape index (κ3) is 2.63. The van der Waals surface area contributed by atoms with Crippen molar-refractivity contribution in [3.05, 3.63) is 0 Å². The average Bonchev–Trinajstić information content (AvgIpc) is 3.05. The number of piperidine rings is 1. The molecular weight excluding hydrogens is 232 g/mol. The van der Waals surface area contributed by atoms with Crippen LogP contribution in [0.2, 0.25) is 0 Å². The van der Waals surface area contributed by atoms with Crippen LogP contribution >= 0.6 is 11.8 Å². The molecule has 3 fully saturated rings. The Hall–Kier alpha value is -0.220. The first-order valence-electron chi connectivity index (χ1n) is 6.97. The zero-order valence-corrected chi connectivity index (χ0v) is 11.2. The van der Waals surface area contributed by atoms with Gasteiger partial charge < -0.3 is 10.2 Å². The Balaban J connectivity index is 1.66. The molecule has 1 amide bonds. The van der Waals surface area contributed by atoms with Crippen molar-refractivity contribution < 1.29 is 4.79 Å². The lowest BCUT2D eigenvalue weighted by molar-refractivity contribution is -0.138. The maximum Gasteiger partial charge on any atom is 0.227 e. The fourth-order valence-corrected chi connectivity index (χ4v) is 4.23. The Morgan fingerprint density at radius 2 is 2.06 bits per heavy atom. The molecule has 1 saturated carbocycles. The van der Waals surface area contributed by atoms with Gasteiger partial charge in [-0.05, 0) is 44.4 Å². The number of amides is 1. The van der Waals surface area contributed by atoms with Crippen LogP contribution in [0.15, 0.2) is 0 Å². The van der Waals surface area contributed by atoms with Crippen molar-refractivity contribution in [2.45, 2.75) is 44.2 Å². The highest BCUT2D eigenvalue weighted by molar-refractivity contribution is 7.99. The summed E-state index contributed by atoms with van der Waals surface area (Å²) >= 11 is 2.01. The van der Waals surface area contributed by atoms with Crippen LogP contribution in [0.25, 0.3) is 0 Å². The van der Waals surface area contributed by atoms with E-state index < -0.39 is 0 Å². The standard InChI is InChI=1S/C13H22N2OS/c16-13(10-2-1-6-14-8-10)15(11-3-4-11)12-5-7-17-9-12/h10-12,14H,1-9H2/t10-,12-/m1/s1. The predicted molar refractivity (Wildman–Crippen MR) is 71.2 cm³/mol. The highest BCUT2D eigenvalue weighted by atomic mass is 32.2. The van der Waals surface area contributed by atoms with Crippen LogP contribution in [-0.4, -0.2) is 47.5 Å². The molecule has 0 aromatic carbocycles. The average molecular weight is 254 g/mol. The second-order valence-corrected chi connectivity index (χ2v) is 6.69. The molecule has 1 aliphatic carbocycles. The van der Waals surface area contributed by atoms with Crippen molar-refractivity contribution >= 4 is 17.7 Å². The van der Waals surface area contributed by atoms with E-state index in [0.29, 0.717) is 18.0 Å². The minimum absolute atomic E-state index is 0.259. The molecule has 0 spiro atoms. The maximum atomic E-state index is 12.6. The second kappa shape index (κ2) is 5.19. The maximum absolute atomic E-state index is 12.6. The van der Waals surface area contributed by atoms with Crippen molar-refractivity contribution in [3.63, 3.8) is 0 Å². The number of hydrogen-bond acceptors (Lipinski definition) is 3. The molecule has 0 unspecified atom stereocenters. The summed E-state index contributed by atoms with van der Waals surface area (Å²) in [6.07, 6.45) is 5.95. The van der Waals surface area contributed by atoms with Crippen LogP contribution < -0.4 is 5.32 Å². The van der Waals surface area contributed by atoms with Crippen molar-refractivity contribution in [1.29, 1.82) is 0 Å². The highest BCUT2D eigenvalue weighted by Gasteiger charge is 2.40. The molecular formula is C13H22N2OS. The summed E-state index contributed by atoms with van der Waals surface area (Å²) in [5.41, 5.74) is 0. The second-order valence-electron chi connectivity index (χ2n) is 5.54. The molecule has 1 N–H and O–H groups in total. The highest BCUT2D eigenvalue weighted by Crippen LogP contribution is 2.35. The molecule has 2 saturated heterocycles. The van der Waals surface area contributed by atoms with Crippen LogP contribution in [-0.2, 0) is 4.79 Å². The smallest absolute Gasteiger partial charge is 0.227 e. The van der Waals surface area contributed by atoms with Gasteiger partial charge in [-0.25, -0.2) is 0 Å². The minimum atomic E-state index is 0.259. The number of rotatable bonds is 3. The summed E-state index contributed by atoms with van der Waals surface area (Å²) in [4.78, 5) is 14.9. The number of carbonyl (C=O) groups is 1. The zero-order chi connectivity index (χ0) is 11.7. The molecule has 4 heteroatoms. The molecule has 3 aliphatic rings. The van der Waals surface area contributed by atoms with Gasteiger partial charge in [0.1, 0.15) is 0 Å². The van der Waals surface area contributed by atoms with Crippen LogP contribution in [0.3, 0.4) is 0 Å². The van der Waals surface area contributed by atoms with E-state index in [0.717, 1.165) is 25.9 Å². The largest absolute Gasteiger partial charge is 0.336 e. The minimum Gasteiger partial charge on any atom is -0.336 e. The van der Waals surface area contributed by atoms with Gasteiger partial charge in [-0.1, -0.05) is 0 Å². The fourth-order valence-electron chi connectivity index (χ4n) is 3.03. The number of carbonyl (C=O) groups excluding carboxylic acids is 1. The number of thioether (sulfide) groups is 1. The Morgan fingerprint density at radius 3 is 2.65 bits per heavy atom. The molecule has 0 aromatic rings. The zero-order valence-electron chi connectivity index (χ0n) is 10.4. The first-order chi connectivity index (χ1) is 8.36. The lowest BCUT2D eigenvalue weighted by atomic mass is 9.97. The van der Waals surface area contributed by atoms with Crippen molar-refractivity contribution in [3.8, 4) is 0 Å². The normalized spacial score (nSPS) is 33.6. The van der Waals surface area contributed by atoms with Crippen molar-refractivity contribution in [2.75, 3.05) is 24.6 Å².